The van der Waals surface area contributed by atoms with E-state index in [2.05, 4.69) is 43.5 Å². The Kier molecular flexibility index (Phi) is 3.53. The minimum atomic E-state index is -0.315. The third-order valence-corrected chi connectivity index (χ3v) is 4.45. The molecule has 0 radical (unpaired) electrons. The van der Waals surface area contributed by atoms with Crippen molar-refractivity contribution >= 4 is 55.4 Å². The van der Waals surface area contributed by atoms with Gasteiger partial charge in [-0.2, -0.15) is 0 Å². The summed E-state index contributed by atoms with van der Waals surface area (Å²) in [5, 5.41) is 1.01. The van der Waals surface area contributed by atoms with Crippen molar-refractivity contribution in [3.05, 3.63) is 31.9 Å². The number of hydrogen-bond acceptors (Lipinski definition) is 2. The van der Waals surface area contributed by atoms with E-state index in [1.807, 2.05) is 18.2 Å². The molecule has 0 spiro atoms. The molecule has 0 fully saturated rings. The maximum absolute atomic E-state index is 11.5. The molecular formula is C11H9BrINO2. The zero-order valence-electron chi connectivity index (χ0n) is 8.51. The Bertz CT molecular complexity index is 511. The highest BCUT2D eigenvalue weighted by atomic mass is 127. The zero-order valence-corrected chi connectivity index (χ0v) is 12.3. The normalized spacial score (nSPS) is 10.7. The van der Waals surface area contributed by atoms with Crippen molar-refractivity contribution in [1.82, 2.24) is 4.98 Å². The molecule has 0 amide bonds. The molecule has 0 saturated carbocycles. The summed E-state index contributed by atoms with van der Waals surface area (Å²) in [5.41, 5.74) is 1.42. The third kappa shape index (κ3) is 2.24. The van der Waals surface area contributed by atoms with Gasteiger partial charge in [-0.15, -0.1) is 0 Å². The van der Waals surface area contributed by atoms with E-state index in [1.165, 1.54) is 0 Å². The number of hydrogen-bond donors (Lipinski definition) is 1. The lowest BCUT2D eigenvalue weighted by atomic mass is 10.2. The Hall–Kier alpha value is -0.560. The van der Waals surface area contributed by atoms with Crippen molar-refractivity contribution in [2.24, 2.45) is 0 Å². The topological polar surface area (TPSA) is 42.1 Å². The molecule has 0 aliphatic heterocycles. The molecule has 0 unspecified atom stereocenters. The number of carbonyl (C=O) groups is 1. The van der Waals surface area contributed by atoms with Crippen LogP contribution in [0.5, 0.6) is 0 Å². The van der Waals surface area contributed by atoms with Gasteiger partial charge in [0.05, 0.1) is 6.61 Å². The number of esters is 1. The smallest absolute Gasteiger partial charge is 0.354 e. The fourth-order valence-corrected chi connectivity index (χ4v) is 2.28. The Balaban J connectivity index is 2.48. The standard InChI is InChI=1S/C11H9BrINO2/c1-2-16-11(15)10-4-6-3-8(13)7(12)5-9(6)14-10/h3-5,14H,2H2,1H3. The lowest BCUT2D eigenvalue weighted by Gasteiger charge is -1.97. The number of benzene rings is 1. The number of H-pyrrole nitrogens is 1. The van der Waals surface area contributed by atoms with E-state index in [-0.39, 0.29) is 5.97 Å². The van der Waals surface area contributed by atoms with Crippen LogP contribution in [0.25, 0.3) is 10.9 Å². The first-order valence-corrected chi connectivity index (χ1v) is 6.64. The molecule has 2 aromatic rings. The van der Waals surface area contributed by atoms with Crippen molar-refractivity contribution in [3.63, 3.8) is 0 Å². The van der Waals surface area contributed by atoms with Gasteiger partial charge in [0, 0.05) is 18.9 Å². The second-order valence-corrected chi connectivity index (χ2v) is 5.27. The van der Waals surface area contributed by atoms with Crippen LogP contribution >= 0.6 is 38.5 Å². The molecule has 0 saturated heterocycles. The second-order valence-electron chi connectivity index (χ2n) is 3.26. The average molecular weight is 394 g/mol. The SMILES string of the molecule is CCOC(=O)c1cc2cc(I)c(Br)cc2[nH]1. The summed E-state index contributed by atoms with van der Waals surface area (Å²) in [5.74, 6) is -0.315. The number of halogens is 2. The van der Waals surface area contributed by atoms with Crippen LogP contribution in [0.4, 0.5) is 0 Å². The molecule has 16 heavy (non-hydrogen) atoms. The van der Waals surface area contributed by atoms with E-state index in [0.717, 1.165) is 18.9 Å². The maximum Gasteiger partial charge on any atom is 0.354 e. The van der Waals surface area contributed by atoms with Gasteiger partial charge in [0.2, 0.25) is 0 Å². The lowest BCUT2D eigenvalue weighted by Crippen LogP contribution is -2.04. The fourth-order valence-electron chi connectivity index (χ4n) is 1.45. The summed E-state index contributed by atoms with van der Waals surface area (Å²) in [7, 11) is 0. The molecule has 0 aliphatic rings. The molecule has 0 bridgehead atoms. The molecule has 3 nitrogen and oxygen atoms in total. The first-order chi connectivity index (χ1) is 7.61. The van der Waals surface area contributed by atoms with Gasteiger partial charge in [0.1, 0.15) is 5.69 Å². The summed E-state index contributed by atoms with van der Waals surface area (Å²) in [6.45, 7) is 2.18. The number of aromatic nitrogens is 1. The monoisotopic (exact) mass is 393 g/mol. The van der Waals surface area contributed by atoms with Crippen molar-refractivity contribution in [2.45, 2.75) is 6.92 Å². The van der Waals surface area contributed by atoms with E-state index < -0.39 is 0 Å². The molecule has 1 N–H and O–H groups in total. The fraction of sp³-hybridized carbons (Fsp3) is 0.182. The van der Waals surface area contributed by atoms with Crippen molar-refractivity contribution in [1.29, 1.82) is 0 Å². The summed E-state index contributed by atoms with van der Waals surface area (Å²) in [4.78, 5) is 14.6. The summed E-state index contributed by atoms with van der Waals surface area (Å²) < 4.78 is 7.06. The van der Waals surface area contributed by atoms with Crippen LogP contribution in [0.3, 0.4) is 0 Å². The maximum atomic E-state index is 11.5. The highest BCUT2D eigenvalue weighted by Crippen LogP contribution is 2.26. The Morgan fingerprint density at radius 3 is 2.94 bits per heavy atom. The van der Waals surface area contributed by atoms with Crippen LogP contribution in [-0.2, 0) is 4.74 Å². The van der Waals surface area contributed by atoms with Gasteiger partial charge in [0.15, 0.2) is 0 Å². The highest BCUT2D eigenvalue weighted by Gasteiger charge is 2.11. The number of ether oxygens (including phenoxy) is 1. The number of rotatable bonds is 2. The number of carbonyl (C=O) groups excluding carboxylic acids is 1. The van der Waals surface area contributed by atoms with Crippen LogP contribution in [0, 0.1) is 3.57 Å². The van der Waals surface area contributed by atoms with Crippen LogP contribution < -0.4 is 0 Å². The van der Waals surface area contributed by atoms with Gasteiger partial charge in [-0.3, -0.25) is 0 Å². The summed E-state index contributed by atoms with van der Waals surface area (Å²) in [6.07, 6.45) is 0. The van der Waals surface area contributed by atoms with E-state index in [1.54, 1.807) is 6.92 Å². The van der Waals surface area contributed by atoms with Crippen molar-refractivity contribution < 1.29 is 9.53 Å². The quantitative estimate of drug-likeness (QED) is 0.624. The molecule has 0 atom stereocenters. The van der Waals surface area contributed by atoms with Gasteiger partial charge in [-0.1, -0.05) is 0 Å². The van der Waals surface area contributed by atoms with Crippen molar-refractivity contribution in [2.75, 3.05) is 6.61 Å². The van der Waals surface area contributed by atoms with Crippen molar-refractivity contribution in [3.8, 4) is 0 Å². The van der Waals surface area contributed by atoms with E-state index in [0.29, 0.717) is 12.3 Å². The minimum Gasteiger partial charge on any atom is -0.461 e. The average Bonchev–Trinajstić information content (AvgIpc) is 2.62. The molecule has 1 aromatic carbocycles. The summed E-state index contributed by atoms with van der Waals surface area (Å²) >= 11 is 5.69. The van der Waals surface area contributed by atoms with Gasteiger partial charge < -0.3 is 9.72 Å². The number of nitrogens with one attached hydrogen (secondary N) is 1. The molecule has 1 heterocycles. The van der Waals surface area contributed by atoms with E-state index in [4.69, 9.17) is 4.74 Å². The molecule has 0 aliphatic carbocycles. The molecule has 5 heteroatoms. The Morgan fingerprint density at radius 2 is 2.25 bits per heavy atom. The molecule has 84 valence electrons. The van der Waals surface area contributed by atoms with Crippen LogP contribution in [0.15, 0.2) is 22.7 Å². The summed E-state index contributed by atoms with van der Waals surface area (Å²) in [6, 6.07) is 5.78. The van der Waals surface area contributed by atoms with Crippen LogP contribution in [0.1, 0.15) is 17.4 Å². The lowest BCUT2D eigenvalue weighted by molar-refractivity contribution is 0.0520. The van der Waals surface area contributed by atoms with Gasteiger partial charge in [0.25, 0.3) is 0 Å². The Morgan fingerprint density at radius 1 is 1.50 bits per heavy atom. The van der Waals surface area contributed by atoms with Gasteiger partial charge in [-0.25, -0.2) is 4.79 Å². The predicted molar refractivity (Wildman–Crippen MR) is 74.7 cm³/mol. The minimum absolute atomic E-state index is 0.315. The van der Waals surface area contributed by atoms with Gasteiger partial charge in [-0.05, 0) is 63.6 Å². The van der Waals surface area contributed by atoms with Crippen LogP contribution in [-0.4, -0.2) is 17.6 Å². The highest BCUT2D eigenvalue weighted by molar-refractivity contribution is 14.1. The zero-order chi connectivity index (χ0) is 11.7. The Labute approximate surface area is 115 Å². The third-order valence-electron chi connectivity index (χ3n) is 2.16. The van der Waals surface area contributed by atoms with Crippen LogP contribution in [0.2, 0.25) is 0 Å². The second kappa shape index (κ2) is 4.75. The van der Waals surface area contributed by atoms with E-state index >= 15 is 0 Å². The number of aromatic amines is 1. The predicted octanol–water partition coefficient (Wildman–Crippen LogP) is 3.71. The first-order valence-electron chi connectivity index (χ1n) is 4.76. The molecule has 2 rings (SSSR count). The van der Waals surface area contributed by atoms with Gasteiger partial charge >= 0.3 is 5.97 Å². The number of fused-ring (bicyclic) bond motifs is 1. The largest absolute Gasteiger partial charge is 0.461 e. The molecular weight excluding hydrogens is 385 g/mol. The first kappa shape index (κ1) is 11.9. The molecule has 1 aromatic heterocycles. The van der Waals surface area contributed by atoms with E-state index in [9.17, 15) is 4.79 Å².